The maximum Gasteiger partial charge on any atom is 0.163 e. The van der Waals surface area contributed by atoms with Crippen molar-refractivity contribution in [1.82, 2.24) is 0 Å². The Bertz CT molecular complexity index is 296. The fraction of sp³-hybridized carbons (Fsp3) is 1.00. The van der Waals surface area contributed by atoms with Crippen molar-refractivity contribution < 1.29 is 24.8 Å². The van der Waals surface area contributed by atoms with Gasteiger partial charge >= 0.3 is 0 Å². The van der Waals surface area contributed by atoms with Crippen molar-refractivity contribution in [2.24, 2.45) is 5.92 Å². The normalized spacial score (nSPS) is 45.0. The van der Waals surface area contributed by atoms with Gasteiger partial charge in [0.05, 0.1) is 17.8 Å². The molecule has 0 aromatic carbocycles. The van der Waals surface area contributed by atoms with Gasteiger partial charge in [-0.2, -0.15) is 0 Å². The second-order valence-corrected chi connectivity index (χ2v) is 6.23. The van der Waals surface area contributed by atoms with E-state index in [1.165, 1.54) is 0 Å². The molecule has 2 fully saturated rings. The van der Waals surface area contributed by atoms with Crippen LogP contribution < -0.4 is 0 Å². The van der Waals surface area contributed by atoms with E-state index in [0.717, 1.165) is 0 Å². The average Bonchev–Trinajstić information content (AvgIpc) is 2.54. The van der Waals surface area contributed by atoms with Crippen LogP contribution in [-0.2, 0) is 9.47 Å². The van der Waals surface area contributed by atoms with E-state index < -0.39 is 29.7 Å². The molecule has 1 aliphatic carbocycles. The zero-order chi connectivity index (χ0) is 13.0. The summed E-state index contributed by atoms with van der Waals surface area (Å²) >= 11 is 0. The summed E-state index contributed by atoms with van der Waals surface area (Å²) < 4.78 is 11.3. The predicted molar refractivity (Wildman–Crippen MR) is 60.2 cm³/mol. The lowest BCUT2D eigenvalue weighted by molar-refractivity contribution is -0.183. The van der Waals surface area contributed by atoms with Crippen LogP contribution >= 0.6 is 0 Å². The van der Waals surface area contributed by atoms with Gasteiger partial charge in [0.1, 0.15) is 12.2 Å². The van der Waals surface area contributed by atoms with Gasteiger partial charge in [-0.15, -0.1) is 0 Å². The summed E-state index contributed by atoms with van der Waals surface area (Å²) in [7, 11) is 0. The SMILES string of the molecule is CC(C)(O)C[C@@H]1[C@@H](O)[C@H](O)[C@H]2OC(C)(C)O[C@@H]12. The Balaban J connectivity index is 2.16. The van der Waals surface area contributed by atoms with Gasteiger partial charge in [0.15, 0.2) is 5.79 Å². The Morgan fingerprint density at radius 3 is 2.12 bits per heavy atom. The summed E-state index contributed by atoms with van der Waals surface area (Å²) in [5.41, 5.74) is -0.906. The number of ether oxygens (including phenoxy) is 2. The number of rotatable bonds is 2. The van der Waals surface area contributed by atoms with Gasteiger partial charge in [-0.3, -0.25) is 0 Å². The molecule has 1 saturated carbocycles. The lowest BCUT2D eigenvalue weighted by Crippen LogP contribution is -2.38. The molecule has 2 rings (SSSR count). The van der Waals surface area contributed by atoms with Crippen LogP contribution in [0, 0.1) is 5.92 Å². The van der Waals surface area contributed by atoms with Gasteiger partial charge in [-0.25, -0.2) is 0 Å². The Hall–Kier alpha value is -0.200. The molecule has 0 aromatic rings. The Morgan fingerprint density at radius 2 is 1.59 bits per heavy atom. The van der Waals surface area contributed by atoms with Crippen molar-refractivity contribution in [1.29, 1.82) is 0 Å². The fourth-order valence-electron chi connectivity index (χ4n) is 2.87. The first-order valence-corrected chi connectivity index (χ1v) is 6.05. The van der Waals surface area contributed by atoms with E-state index in [-0.39, 0.29) is 12.0 Å². The van der Waals surface area contributed by atoms with Crippen LogP contribution in [0.5, 0.6) is 0 Å². The van der Waals surface area contributed by atoms with Gasteiger partial charge in [0.25, 0.3) is 0 Å². The Morgan fingerprint density at radius 1 is 1.06 bits per heavy atom. The van der Waals surface area contributed by atoms with E-state index in [0.29, 0.717) is 6.42 Å². The Kier molecular flexibility index (Phi) is 3.03. The maximum atomic E-state index is 9.98. The van der Waals surface area contributed by atoms with Gasteiger partial charge in [-0.1, -0.05) is 0 Å². The smallest absolute Gasteiger partial charge is 0.163 e. The first-order chi connectivity index (χ1) is 7.61. The highest BCUT2D eigenvalue weighted by Gasteiger charge is 2.58. The highest BCUT2D eigenvalue weighted by molar-refractivity contribution is 5.04. The highest BCUT2D eigenvalue weighted by Crippen LogP contribution is 2.44. The quantitative estimate of drug-likeness (QED) is 0.640. The fourth-order valence-corrected chi connectivity index (χ4v) is 2.87. The number of fused-ring (bicyclic) bond motifs is 1. The van der Waals surface area contributed by atoms with Gasteiger partial charge < -0.3 is 24.8 Å². The summed E-state index contributed by atoms with van der Waals surface area (Å²) in [5.74, 6) is -1.05. The Labute approximate surface area is 101 Å². The zero-order valence-corrected chi connectivity index (χ0v) is 10.8. The second-order valence-electron chi connectivity index (χ2n) is 6.23. The molecule has 1 aliphatic heterocycles. The van der Waals surface area contributed by atoms with Crippen molar-refractivity contribution in [2.75, 3.05) is 0 Å². The monoisotopic (exact) mass is 246 g/mol. The van der Waals surface area contributed by atoms with Crippen LogP contribution in [-0.4, -0.2) is 51.1 Å². The summed E-state index contributed by atoms with van der Waals surface area (Å²) in [6.07, 6.45) is -2.36. The highest BCUT2D eigenvalue weighted by atomic mass is 16.8. The van der Waals surface area contributed by atoms with E-state index in [1.807, 2.05) is 0 Å². The van der Waals surface area contributed by atoms with Crippen LogP contribution in [0.2, 0.25) is 0 Å². The average molecular weight is 246 g/mol. The van der Waals surface area contributed by atoms with Crippen molar-refractivity contribution in [3.05, 3.63) is 0 Å². The standard InChI is InChI=1S/C12H22O5/c1-11(2,15)5-6-7(13)8(14)10-9(6)16-12(3,4)17-10/h6-10,13-15H,5H2,1-4H3/t6-,7-,8+,9+,10-/m1/s1. The van der Waals surface area contributed by atoms with Crippen molar-refractivity contribution in [3.63, 3.8) is 0 Å². The lowest BCUT2D eigenvalue weighted by Gasteiger charge is -2.29. The first kappa shape index (κ1) is 13.2. The molecule has 5 heteroatoms. The number of aliphatic hydroxyl groups excluding tert-OH is 2. The molecule has 1 heterocycles. The van der Waals surface area contributed by atoms with E-state index in [1.54, 1.807) is 27.7 Å². The van der Waals surface area contributed by atoms with E-state index in [2.05, 4.69) is 0 Å². The van der Waals surface area contributed by atoms with E-state index >= 15 is 0 Å². The summed E-state index contributed by atoms with van der Waals surface area (Å²) in [6.45, 7) is 6.93. The maximum absolute atomic E-state index is 9.98. The molecule has 0 amide bonds. The summed E-state index contributed by atoms with van der Waals surface area (Å²) in [6, 6.07) is 0. The molecule has 0 radical (unpaired) electrons. The largest absolute Gasteiger partial charge is 0.390 e. The third-order valence-electron chi connectivity index (χ3n) is 3.45. The van der Waals surface area contributed by atoms with Crippen LogP contribution in [0.3, 0.4) is 0 Å². The minimum atomic E-state index is -0.950. The molecule has 2 aliphatic rings. The number of hydrogen-bond acceptors (Lipinski definition) is 5. The molecular weight excluding hydrogens is 224 g/mol. The molecule has 5 nitrogen and oxygen atoms in total. The number of aliphatic hydroxyl groups is 3. The van der Waals surface area contributed by atoms with Crippen molar-refractivity contribution >= 4 is 0 Å². The van der Waals surface area contributed by atoms with Crippen LogP contribution in [0.1, 0.15) is 34.1 Å². The number of hydrogen-bond donors (Lipinski definition) is 3. The molecular formula is C12H22O5. The molecule has 0 spiro atoms. The van der Waals surface area contributed by atoms with E-state index in [9.17, 15) is 15.3 Å². The zero-order valence-electron chi connectivity index (χ0n) is 10.8. The van der Waals surface area contributed by atoms with Crippen LogP contribution in [0.4, 0.5) is 0 Å². The van der Waals surface area contributed by atoms with Crippen molar-refractivity contribution in [3.8, 4) is 0 Å². The molecule has 17 heavy (non-hydrogen) atoms. The first-order valence-electron chi connectivity index (χ1n) is 6.05. The lowest BCUT2D eigenvalue weighted by atomic mass is 9.89. The third kappa shape index (κ3) is 2.48. The minimum Gasteiger partial charge on any atom is -0.390 e. The van der Waals surface area contributed by atoms with Crippen molar-refractivity contribution in [2.45, 2.75) is 69.9 Å². The van der Waals surface area contributed by atoms with Gasteiger partial charge in [0.2, 0.25) is 0 Å². The third-order valence-corrected chi connectivity index (χ3v) is 3.45. The second kappa shape index (κ2) is 3.90. The summed E-state index contributed by atoms with van der Waals surface area (Å²) in [5, 5.41) is 29.7. The van der Waals surface area contributed by atoms with Crippen LogP contribution in [0.25, 0.3) is 0 Å². The minimum absolute atomic E-state index is 0.309. The predicted octanol–water partition coefficient (Wildman–Crippen LogP) is 0.0191. The molecule has 0 aromatic heterocycles. The summed E-state index contributed by atoms with van der Waals surface area (Å²) in [4.78, 5) is 0. The molecule has 0 unspecified atom stereocenters. The molecule has 0 bridgehead atoms. The van der Waals surface area contributed by atoms with Gasteiger partial charge in [0, 0.05) is 5.92 Å². The molecule has 5 atom stereocenters. The van der Waals surface area contributed by atoms with E-state index in [4.69, 9.17) is 9.47 Å². The molecule has 1 saturated heterocycles. The molecule has 100 valence electrons. The van der Waals surface area contributed by atoms with Crippen LogP contribution in [0.15, 0.2) is 0 Å². The van der Waals surface area contributed by atoms with Gasteiger partial charge in [-0.05, 0) is 34.1 Å². The topological polar surface area (TPSA) is 79.2 Å². The molecule has 3 N–H and O–H groups in total.